The first kappa shape index (κ1) is 14.9. The fourth-order valence-electron chi connectivity index (χ4n) is 1.42. The van der Waals surface area contributed by atoms with Gasteiger partial charge in [0.25, 0.3) is 0 Å². The fraction of sp³-hybridized carbons (Fsp3) is 1.00. The van der Waals surface area contributed by atoms with Crippen LogP contribution in [0.5, 0.6) is 0 Å². The van der Waals surface area contributed by atoms with Crippen LogP contribution in [0.4, 0.5) is 0 Å². The minimum absolute atomic E-state index is 0.0250. The lowest BCUT2D eigenvalue weighted by Crippen LogP contribution is -2.33. The van der Waals surface area contributed by atoms with Crippen molar-refractivity contribution in [3.63, 3.8) is 0 Å². The van der Waals surface area contributed by atoms with Gasteiger partial charge in [0.2, 0.25) is 10.0 Å². The van der Waals surface area contributed by atoms with Gasteiger partial charge in [0.05, 0.1) is 5.75 Å². The summed E-state index contributed by atoms with van der Waals surface area (Å²) in [4.78, 5) is 0. The predicted molar refractivity (Wildman–Crippen MR) is 64.1 cm³/mol. The van der Waals surface area contributed by atoms with Gasteiger partial charge in [-0.25, -0.2) is 13.1 Å². The summed E-state index contributed by atoms with van der Waals surface area (Å²) >= 11 is 0. The van der Waals surface area contributed by atoms with Crippen LogP contribution in [-0.2, 0) is 10.0 Å². The summed E-state index contributed by atoms with van der Waals surface area (Å²) < 4.78 is 25.3. The van der Waals surface area contributed by atoms with Crippen molar-refractivity contribution in [3.05, 3.63) is 0 Å². The van der Waals surface area contributed by atoms with Gasteiger partial charge in [-0.2, -0.15) is 0 Å². The lowest BCUT2D eigenvalue weighted by molar-refractivity contribution is 0.444. The summed E-state index contributed by atoms with van der Waals surface area (Å²) in [5.74, 6) is 0.481. The van der Waals surface area contributed by atoms with Gasteiger partial charge in [-0.15, -0.1) is 0 Å². The lowest BCUT2D eigenvalue weighted by Gasteiger charge is -2.15. The minimum Gasteiger partial charge on any atom is -0.329 e. The Balaban J connectivity index is 3.89. The normalized spacial score (nSPS) is 14.1. The van der Waals surface area contributed by atoms with Crippen molar-refractivity contribution in [1.29, 1.82) is 0 Å². The molecule has 0 aromatic carbocycles. The third-order valence-corrected chi connectivity index (χ3v) is 3.90. The van der Waals surface area contributed by atoms with E-state index in [1.165, 1.54) is 0 Å². The molecule has 0 bridgehead atoms. The maximum absolute atomic E-state index is 11.3. The number of hydrogen-bond acceptors (Lipinski definition) is 3. The molecule has 15 heavy (non-hydrogen) atoms. The van der Waals surface area contributed by atoms with Gasteiger partial charge in [0, 0.05) is 13.1 Å². The molecule has 3 N–H and O–H groups in total. The van der Waals surface area contributed by atoms with Gasteiger partial charge in [-0.1, -0.05) is 33.1 Å². The zero-order valence-corrected chi connectivity index (χ0v) is 10.6. The van der Waals surface area contributed by atoms with Crippen LogP contribution in [0.1, 0.15) is 39.5 Å². The van der Waals surface area contributed by atoms with Crippen molar-refractivity contribution in [3.8, 4) is 0 Å². The number of hydrogen-bond donors (Lipinski definition) is 2. The van der Waals surface area contributed by atoms with Gasteiger partial charge >= 0.3 is 0 Å². The summed E-state index contributed by atoms with van der Waals surface area (Å²) in [5, 5.41) is 0. The Morgan fingerprint density at radius 3 is 2.47 bits per heavy atom. The Morgan fingerprint density at radius 2 is 2.00 bits per heavy atom. The molecule has 0 aromatic heterocycles. The molecular formula is C10H24N2O2S. The topological polar surface area (TPSA) is 72.2 Å². The highest BCUT2D eigenvalue weighted by atomic mass is 32.2. The molecule has 0 radical (unpaired) electrons. The predicted octanol–water partition coefficient (Wildman–Crippen LogP) is 1.08. The van der Waals surface area contributed by atoms with Crippen LogP contribution < -0.4 is 10.5 Å². The molecule has 0 saturated carbocycles. The molecule has 0 aromatic rings. The van der Waals surface area contributed by atoms with Gasteiger partial charge < -0.3 is 5.73 Å². The largest absolute Gasteiger partial charge is 0.329 e. The summed E-state index contributed by atoms with van der Waals surface area (Å²) in [6.07, 6.45) is 4.44. The molecule has 5 heteroatoms. The van der Waals surface area contributed by atoms with Gasteiger partial charge in [-0.05, 0) is 12.3 Å². The molecule has 0 spiro atoms. The van der Waals surface area contributed by atoms with Crippen LogP contribution in [0.25, 0.3) is 0 Å². The molecule has 1 atom stereocenters. The fourth-order valence-corrected chi connectivity index (χ4v) is 2.36. The highest BCUT2D eigenvalue weighted by molar-refractivity contribution is 7.89. The van der Waals surface area contributed by atoms with E-state index < -0.39 is 10.0 Å². The Kier molecular flexibility index (Phi) is 8.00. The van der Waals surface area contributed by atoms with Crippen molar-refractivity contribution in [2.75, 3.05) is 18.8 Å². The first-order valence-corrected chi connectivity index (χ1v) is 7.38. The van der Waals surface area contributed by atoms with Crippen molar-refractivity contribution < 1.29 is 8.42 Å². The van der Waals surface area contributed by atoms with E-state index in [0.717, 1.165) is 25.7 Å². The Bertz CT molecular complexity index is 240. The molecule has 92 valence electrons. The third kappa shape index (κ3) is 7.76. The molecule has 0 aliphatic rings. The molecule has 0 aliphatic heterocycles. The van der Waals surface area contributed by atoms with E-state index in [4.69, 9.17) is 5.73 Å². The van der Waals surface area contributed by atoms with Crippen LogP contribution in [-0.4, -0.2) is 27.3 Å². The summed E-state index contributed by atoms with van der Waals surface area (Å²) in [5.41, 5.74) is 5.21. The van der Waals surface area contributed by atoms with Crippen LogP contribution in [0.3, 0.4) is 0 Å². The van der Waals surface area contributed by atoms with Crippen molar-refractivity contribution in [1.82, 2.24) is 4.72 Å². The second-order valence-electron chi connectivity index (χ2n) is 3.87. The lowest BCUT2D eigenvalue weighted by atomic mass is 10.00. The average molecular weight is 236 g/mol. The van der Waals surface area contributed by atoms with E-state index in [1.54, 1.807) is 0 Å². The SMILES string of the molecule is CCCCC(CC)CNS(=O)(=O)CCN. The number of nitrogens with one attached hydrogen (secondary N) is 1. The van der Waals surface area contributed by atoms with E-state index in [0.29, 0.717) is 12.5 Å². The first-order valence-electron chi connectivity index (χ1n) is 5.73. The zero-order chi connectivity index (χ0) is 11.7. The average Bonchev–Trinajstić information content (AvgIpc) is 2.18. The molecule has 0 fully saturated rings. The smallest absolute Gasteiger partial charge is 0.212 e. The molecule has 4 nitrogen and oxygen atoms in total. The quantitative estimate of drug-likeness (QED) is 0.629. The van der Waals surface area contributed by atoms with Crippen LogP contribution in [0.15, 0.2) is 0 Å². The zero-order valence-electron chi connectivity index (χ0n) is 9.83. The molecule has 0 amide bonds. The summed E-state index contributed by atoms with van der Waals surface area (Å²) in [6.45, 7) is 4.97. The second-order valence-corrected chi connectivity index (χ2v) is 5.80. The minimum atomic E-state index is -3.14. The highest BCUT2D eigenvalue weighted by Crippen LogP contribution is 2.11. The maximum atomic E-state index is 11.3. The molecule has 0 saturated heterocycles. The van der Waals surface area contributed by atoms with Crippen molar-refractivity contribution in [2.24, 2.45) is 11.7 Å². The van der Waals surface area contributed by atoms with E-state index >= 15 is 0 Å². The van der Waals surface area contributed by atoms with E-state index in [9.17, 15) is 8.42 Å². The van der Waals surface area contributed by atoms with Gasteiger partial charge in [0.1, 0.15) is 0 Å². The molecule has 0 aliphatic carbocycles. The van der Waals surface area contributed by atoms with Gasteiger partial charge in [0.15, 0.2) is 0 Å². The van der Waals surface area contributed by atoms with Crippen LogP contribution in [0.2, 0.25) is 0 Å². The second kappa shape index (κ2) is 8.07. The number of nitrogens with two attached hydrogens (primary N) is 1. The highest BCUT2D eigenvalue weighted by Gasteiger charge is 2.12. The number of rotatable bonds is 9. The third-order valence-electron chi connectivity index (χ3n) is 2.52. The summed E-state index contributed by atoms with van der Waals surface area (Å²) in [6, 6.07) is 0. The monoisotopic (exact) mass is 236 g/mol. The number of sulfonamides is 1. The molecular weight excluding hydrogens is 212 g/mol. The van der Waals surface area contributed by atoms with E-state index in [1.807, 2.05) is 0 Å². The Hall–Kier alpha value is -0.130. The number of unbranched alkanes of at least 4 members (excludes halogenated alkanes) is 1. The first-order chi connectivity index (χ1) is 7.05. The Morgan fingerprint density at radius 1 is 1.33 bits per heavy atom. The standard InChI is InChI=1S/C10H24N2O2S/c1-3-5-6-10(4-2)9-12-15(13,14)8-7-11/h10,12H,3-9,11H2,1-2H3. The van der Waals surface area contributed by atoms with Crippen LogP contribution >= 0.6 is 0 Å². The summed E-state index contributed by atoms with van der Waals surface area (Å²) in [7, 11) is -3.14. The van der Waals surface area contributed by atoms with Gasteiger partial charge in [-0.3, -0.25) is 0 Å². The maximum Gasteiger partial charge on any atom is 0.212 e. The van der Waals surface area contributed by atoms with Crippen molar-refractivity contribution >= 4 is 10.0 Å². The Labute approximate surface area is 93.7 Å². The van der Waals surface area contributed by atoms with E-state index in [2.05, 4.69) is 18.6 Å². The molecule has 0 rings (SSSR count). The molecule has 1 unspecified atom stereocenters. The molecule has 0 heterocycles. The van der Waals surface area contributed by atoms with E-state index in [-0.39, 0.29) is 12.3 Å². The van der Waals surface area contributed by atoms with Crippen LogP contribution in [0, 0.1) is 5.92 Å². The van der Waals surface area contributed by atoms with Crippen molar-refractivity contribution in [2.45, 2.75) is 39.5 Å².